The number of rotatable bonds is 7. The number of carbonyl (C=O) groups is 4. The van der Waals surface area contributed by atoms with Gasteiger partial charge in [0.05, 0.1) is 23.9 Å². The van der Waals surface area contributed by atoms with Crippen LogP contribution in [0.3, 0.4) is 0 Å². The number of imide groups is 1. The third-order valence-electron chi connectivity index (χ3n) is 6.72. The van der Waals surface area contributed by atoms with Gasteiger partial charge in [0.15, 0.2) is 5.78 Å². The van der Waals surface area contributed by atoms with Crippen molar-refractivity contribution in [3.8, 4) is 5.75 Å². The zero-order valence-electron chi connectivity index (χ0n) is 20.0. The van der Waals surface area contributed by atoms with E-state index < -0.39 is 46.3 Å². The van der Waals surface area contributed by atoms with Crippen molar-refractivity contribution in [2.24, 2.45) is 17.8 Å². The molecular formula is C26H25N3O7. The van der Waals surface area contributed by atoms with Crippen molar-refractivity contribution >= 4 is 29.2 Å². The van der Waals surface area contributed by atoms with Crippen LogP contribution in [-0.4, -0.2) is 51.6 Å². The average Bonchev–Trinajstić information content (AvgIpc) is 3.14. The van der Waals surface area contributed by atoms with Crippen molar-refractivity contribution in [3.05, 3.63) is 81.9 Å². The van der Waals surface area contributed by atoms with Gasteiger partial charge in [-0.25, -0.2) is 5.01 Å². The summed E-state index contributed by atoms with van der Waals surface area (Å²) in [4.78, 5) is 64.5. The molecule has 1 aliphatic heterocycles. The number of fused-ring (bicyclic) bond motifs is 1. The molecule has 2 aromatic rings. The number of hydrazine groups is 1. The normalized spacial score (nSPS) is 21.6. The second kappa shape index (κ2) is 9.73. The molecule has 2 aromatic carbocycles. The quantitative estimate of drug-likeness (QED) is 0.191. The minimum atomic E-state index is -1.22. The van der Waals surface area contributed by atoms with E-state index in [9.17, 15) is 29.3 Å². The van der Waals surface area contributed by atoms with Crippen molar-refractivity contribution in [1.29, 1.82) is 0 Å². The molecule has 36 heavy (non-hydrogen) atoms. The van der Waals surface area contributed by atoms with Gasteiger partial charge in [0.25, 0.3) is 23.4 Å². The summed E-state index contributed by atoms with van der Waals surface area (Å²) in [6.45, 7) is 3.27. The Kier molecular flexibility index (Phi) is 6.69. The molecule has 0 radical (unpaired) electrons. The largest absolute Gasteiger partial charge is 0.497 e. The summed E-state index contributed by atoms with van der Waals surface area (Å²) in [6, 6.07) is 9.81. The summed E-state index contributed by atoms with van der Waals surface area (Å²) in [6.07, 6.45) is 4.07. The van der Waals surface area contributed by atoms with Crippen molar-refractivity contribution in [3.63, 3.8) is 0 Å². The zero-order chi connectivity index (χ0) is 26.1. The highest BCUT2D eigenvalue weighted by Gasteiger charge is 2.54. The van der Waals surface area contributed by atoms with Crippen LogP contribution in [0.5, 0.6) is 5.75 Å². The number of methoxy groups -OCH3 is 1. The van der Waals surface area contributed by atoms with E-state index in [-0.39, 0.29) is 22.7 Å². The van der Waals surface area contributed by atoms with Gasteiger partial charge in [-0.3, -0.25) is 29.3 Å². The van der Waals surface area contributed by atoms with E-state index >= 15 is 0 Å². The standard InChI is InChI=1S/C26H25N3O7/c1-15-5-4-6-21-22(15)26(33)28(25(21)32)27(24(31)18-7-11-19(12-8-18)29(34)35)16(2)23(30)17-9-13-20(36-3)14-10-17/h4-5,7-16,21-22H,6H2,1-3H3/t15-,16+,21-,22-/m1/s1. The van der Waals surface area contributed by atoms with E-state index in [4.69, 9.17) is 4.74 Å². The number of allylic oxidation sites excluding steroid dienone is 2. The monoisotopic (exact) mass is 491 g/mol. The molecule has 3 amide bonds. The summed E-state index contributed by atoms with van der Waals surface area (Å²) in [7, 11) is 1.49. The van der Waals surface area contributed by atoms with E-state index in [0.29, 0.717) is 12.2 Å². The van der Waals surface area contributed by atoms with Crippen LogP contribution in [0.4, 0.5) is 5.69 Å². The first-order valence-corrected chi connectivity index (χ1v) is 11.5. The zero-order valence-corrected chi connectivity index (χ0v) is 20.0. The Morgan fingerprint density at radius 2 is 1.67 bits per heavy atom. The van der Waals surface area contributed by atoms with E-state index in [1.54, 1.807) is 12.1 Å². The lowest BCUT2D eigenvalue weighted by atomic mass is 9.78. The Bertz CT molecular complexity index is 1250. The molecule has 0 unspecified atom stereocenters. The molecule has 1 heterocycles. The number of ketones is 1. The van der Waals surface area contributed by atoms with E-state index in [0.717, 1.165) is 22.2 Å². The second-order valence-corrected chi connectivity index (χ2v) is 8.87. The molecule has 0 N–H and O–H groups in total. The van der Waals surface area contributed by atoms with Gasteiger partial charge in [0.2, 0.25) is 0 Å². The number of ether oxygens (including phenoxy) is 1. The Hall–Kier alpha value is -4.34. The summed E-state index contributed by atoms with van der Waals surface area (Å²) in [5, 5.41) is 12.7. The van der Waals surface area contributed by atoms with Gasteiger partial charge >= 0.3 is 0 Å². The molecule has 186 valence electrons. The first-order chi connectivity index (χ1) is 17.1. The number of benzene rings is 2. The molecule has 2 aliphatic rings. The smallest absolute Gasteiger partial charge is 0.273 e. The number of hydrogen-bond acceptors (Lipinski definition) is 7. The lowest BCUT2D eigenvalue weighted by Crippen LogP contribution is -2.56. The topological polar surface area (TPSA) is 127 Å². The van der Waals surface area contributed by atoms with Gasteiger partial charge in [-0.2, -0.15) is 5.01 Å². The number of nitro groups is 1. The van der Waals surface area contributed by atoms with Crippen LogP contribution >= 0.6 is 0 Å². The van der Waals surface area contributed by atoms with Gasteiger partial charge < -0.3 is 4.74 Å². The molecule has 1 saturated heterocycles. The third kappa shape index (κ3) is 4.26. The Balaban J connectivity index is 1.74. The van der Waals surface area contributed by atoms with Crippen LogP contribution < -0.4 is 4.74 Å². The highest BCUT2D eigenvalue weighted by Crippen LogP contribution is 2.40. The first kappa shape index (κ1) is 24.8. The van der Waals surface area contributed by atoms with Crippen molar-refractivity contribution in [2.45, 2.75) is 26.3 Å². The second-order valence-electron chi connectivity index (χ2n) is 8.87. The van der Waals surface area contributed by atoms with Crippen LogP contribution in [-0.2, 0) is 9.59 Å². The predicted octanol–water partition coefficient (Wildman–Crippen LogP) is 3.43. The predicted molar refractivity (Wildman–Crippen MR) is 128 cm³/mol. The average molecular weight is 492 g/mol. The van der Waals surface area contributed by atoms with Gasteiger partial charge in [-0.05, 0) is 55.7 Å². The minimum absolute atomic E-state index is 0.00312. The molecule has 10 heteroatoms. The fourth-order valence-corrected chi connectivity index (χ4v) is 4.75. The molecule has 1 fully saturated rings. The fourth-order valence-electron chi connectivity index (χ4n) is 4.75. The van der Waals surface area contributed by atoms with Gasteiger partial charge in [-0.15, -0.1) is 0 Å². The number of amides is 3. The number of nitrogens with zero attached hydrogens (tertiary/aromatic N) is 3. The molecular weight excluding hydrogens is 466 g/mol. The number of hydrogen-bond donors (Lipinski definition) is 0. The van der Waals surface area contributed by atoms with Gasteiger partial charge in [0.1, 0.15) is 11.8 Å². The first-order valence-electron chi connectivity index (χ1n) is 11.5. The number of non-ortho nitro benzene ring substituents is 1. The Morgan fingerprint density at radius 3 is 2.22 bits per heavy atom. The summed E-state index contributed by atoms with van der Waals surface area (Å²) in [5.41, 5.74) is 0.0349. The molecule has 0 bridgehead atoms. The lowest BCUT2D eigenvalue weighted by Gasteiger charge is -2.34. The SMILES string of the molecule is COc1ccc(C(=O)[C@H](C)N(C(=O)c2ccc([N+](=O)[O-])cc2)N2C(=O)[C@@H]3[C@H](C)C=CC[C@H]3C2=O)cc1. The van der Waals surface area contributed by atoms with Crippen molar-refractivity contribution in [2.75, 3.05) is 7.11 Å². The molecule has 4 rings (SSSR count). The van der Waals surface area contributed by atoms with Gasteiger partial charge in [0, 0.05) is 23.3 Å². The van der Waals surface area contributed by atoms with Crippen LogP contribution in [0.1, 0.15) is 41.0 Å². The van der Waals surface area contributed by atoms with Crippen molar-refractivity contribution < 1.29 is 28.8 Å². The number of carbonyl (C=O) groups excluding carboxylic acids is 4. The number of Topliss-reactive ketones (excluding diaryl/α,β-unsaturated/α-hetero) is 1. The lowest BCUT2D eigenvalue weighted by molar-refractivity contribution is -0.384. The molecule has 0 aromatic heterocycles. The highest BCUT2D eigenvalue weighted by molar-refractivity contribution is 6.10. The molecule has 1 aliphatic carbocycles. The molecule has 0 saturated carbocycles. The molecule has 10 nitrogen and oxygen atoms in total. The molecule has 4 atom stereocenters. The maximum atomic E-state index is 13.7. The summed E-state index contributed by atoms with van der Waals surface area (Å²) < 4.78 is 5.13. The van der Waals surface area contributed by atoms with E-state index in [2.05, 4.69) is 0 Å². The molecule has 0 spiro atoms. The highest BCUT2D eigenvalue weighted by atomic mass is 16.6. The Morgan fingerprint density at radius 1 is 1.06 bits per heavy atom. The maximum Gasteiger partial charge on any atom is 0.273 e. The van der Waals surface area contributed by atoms with Gasteiger partial charge in [-0.1, -0.05) is 19.1 Å². The third-order valence-corrected chi connectivity index (χ3v) is 6.72. The number of nitro benzene ring substituents is 1. The maximum absolute atomic E-state index is 13.7. The van der Waals surface area contributed by atoms with Crippen LogP contribution in [0, 0.1) is 27.9 Å². The van der Waals surface area contributed by atoms with Crippen molar-refractivity contribution in [1.82, 2.24) is 10.0 Å². The Labute approximate surface area is 207 Å². The van der Waals surface area contributed by atoms with Crippen LogP contribution in [0.25, 0.3) is 0 Å². The van der Waals surface area contributed by atoms with Crippen LogP contribution in [0.15, 0.2) is 60.7 Å². The van der Waals surface area contributed by atoms with Crippen LogP contribution in [0.2, 0.25) is 0 Å². The fraction of sp³-hybridized carbons (Fsp3) is 0.308. The summed E-state index contributed by atoms with van der Waals surface area (Å²) in [5.74, 6) is -3.33. The summed E-state index contributed by atoms with van der Waals surface area (Å²) >= 11 is 0. The van der Waals surface area contributed by atoms with E-state index in [1.165, 1.54) is 38.3 Å². The van der Waals surface area contributed by atoms with E-state index in [1.807, 2.05) is 19.1 Å². The minimum Gasteiger partial charge on any atom is -0.497 e.